The Morgan fingerprint density at radius 1 is 1.50 bits per heavy atom. The van der Waals surface area contributed by atoms with Crippen LogP contribution < -0.4 is 10.6 Å². The van der Waals surface area contributed by atoms with Gasteiger partial charge in [-0.2, -0.15) is 0 Å². The van der Waals surface area contributed by atoms with Crippen molar-refractivity contribution in [3.05, 3.63) is 17.5 Å². The molecule has 1 saturated heterocycles. The number of hydrogen-bond acceptors (Lipinski definition) is 4. The number of aromatic nitrogens is 2. The Hall–Kier alpha value is -1.16. The highest BCUT2D eigenvalue weighted by atomic mass is 15.3. The lowest BCUT2D eigenvalue weighted by Crippen LogP contribution is -2.30. The molecule has 1 unspecified atom stereocenters. The summed E-state index contributed by atoms with van der Waals surface area (Å²) in [5.74, 6) is 0.866. The molecule has 4 heteroatoms. The van der Waals surface area contributed by atoms with Gasteiger partial charge in [0.25, 0.3) is 0 Å². The lowest BCUT2D eigenvalue weighted by Gasteiger charge is -2.24. The molecule has 1 aromatic rings. The fraction of sp³-hybridized carbons (Fsp3) is 0.667. The Balaban J connectivity index is 2.28. The number of anilines is 1. The second kappa shape index (κ2) is 4.78. The van der Waals surface area contributed by atoms with Gasteiger partial charge < -0.3 is 10.6 Å². The Labute approximate surface area is 96.9 Å². The van der Waals surface area contributed by atoms with E-state index in [0.717, 1.165) is 30.3 Å². The molecule has 0 amide bonds. The molecule has 0 bridgehead atoms. The maximum absolute atomic E-state index is 5.64. The molecule has 0 aliphatic carbocycles. The van der Waals surface area contributed by atoms with Crippen molar-refractivity contribution in [3.63, 3.8) is 0 Å². The topological polar surface area (TPSA) is 55.0 Å². The van der Waals surface area contributed by atoms with Crippen molar-refractivity contribution < 1.29 is 0 Å². The molecule has 1 atom stereocenters. The number of nitrogens with zero attached hydrogens (tertiary/aromatic N) is 3. The van der Waals surface area contributed by atoms with E-state index in [1.807, 2.05) is 13.0 Å². The Kier molecular flexibility index (Phi) is 3.39. The normalized spacial score (nSPS) is 20.4. The van der Waals surface area contributed by atoms with Gasteiger partial charge in [-0.1, -0.05) is 6.92 Å². The molecule has 1 aromatic heterocycles. The molecular formula is C12H20N4. The van der Waals surface area contributed by atoms with Gasteiger partial charge in [0.1, 0.15) is 0 Å². The minimum atomic E-state index is 0.487. The Morgan fingerprint density at radius 3 is 3.00 bits per heavy atom. The summed E-state index contributed by atoms with van der Waals surface area (Å²) in [5.41, 5.74) is 7.59. The average molecular weight is 220 g/mol. The Bertz CT molecular complexity index is 364. The first-order valence-corrected chi connectivity index (χ1v) is 6.06. The molecule has 1 fully saturated rings. The molecule has 0 spiro atoms. The first kappa shape index (κ1) is 11.3. The number of hydrogen-bond donors (Lipinski definition) is 1. The maximum atomic E-state index is 5.64. The van der Waals surface area contributed by atoms with Crippen LogP contribution in [0.1, 0.15) is 37.6 Å². The van der Waals surface area contributed by atoms with Gasteiger partial charge in [0.15, 0.2) is 0 Å². The lowest BCUT2D eigenvalue weighted by atomic mass is 10.2. The fourth-order valence-electron chi connectivity index (χ4n) is 2.37. The van der Waals surface area contributed by atoms with Crippen molar-refractivity contribution in [2.45, 2.75) is 45.7 Å². The predicted octanol–water partition coefficient (Wildman–Crippen LogP) is 1.62. The van der Waals surface area contributed by atoms with Crippen LogP contribution in [-0.4, -0.2) is 22.6 Å². The standard InChI is InChI=1S/C12H20N4/c1-3-11-5-4-6-16(11)12-14-9(2)7-10(8-13)15-12/h7,11H,3-6,8,13H2,1-2H3. The summed E-state index contributed by atoms with van der Waals surface area (Å²) in [6.07, 6.45) is 3.66. The maximum Gasteiger partial charge on any atom is 0.226 e. The first-order chi connectivity index (χ1) is 7.74. The van der Waals surface area contributed by atoms with E-state index >= 15 is 0 Å². The van der Waals surface area contributed by atoms with Crippen molar-refractivity contribution in [2.24, 2.45) is 5.73 Å². The third-order valence-electron chi connectivity index (χ3n) is 3.21. The van der Waals surface area contributed by atoms with Crippen LogP contribution in [0.25, 0.3) is 0 Å². The predicted molar refractivity (Wildman–Crippen MR) is 65.3 cm³/mol. The summed E-state index contributed by atoms with van der Waals surface area (Å²) < 4.78 is 0. The van der Waals surface area contributed by atoms with Crippen LogP contribution in [-0.2, 0) is 6.54 Å². The third-order valence-corrected chi connectivity index (χ3v) is 3.21. The van der Waals surface area contributed by atoms with E-state index in [2.05, 4.69) is 21.8 Å². The number of aryl methyl sites for hydroxylation is 1. The summed E-state index contributed by atoms with van der Waals surface area (Å²) in [6, 6.07) is 2.56. The van der Waals surface area contributed by atoms with Crippen molar-refractivity contribution in [1.29, 1.82) is 0 Å². The van der Waals surface area contributed by atoms with E-state index in [9.17, 15) is 0 Å². The second-order valence-corrected chi connectivity index (χ2v) is 4.40. The number of rotatable bonds is 3. The quantitative estimate of drug-likeness (QED) is 0.841. The van der Waals surface area contributed by atoms with E-state index in [4.69, 9.17) is 5.73 Å². The fourth-order valence-corrected chi connectivity index (χ4v) is 2.37. The minimum Gasteiger partial charge on any atom is -0.338 e. The van der Waals surface area contributed by atoms with E-state index in [-0.39, 0.29) is 0 Å². The number of nitrogens with two attached hydrogens (primary N) is 1. The highest BCUT2D eigenvalue weighted by Gasteiger charge is 2.25. The molecule has 2 N–H and O–H groups in total. The zero-order valence-corrected chi connectivity index (χ0v) is 10.1. The summed E-state index contributed by atoms with van der Waals surface area (Å²) in [6.45, 7) is 5.79. The lowest BCUT2D eigenvalue weighted by molar-refractivity contribution is 0.632. The molecule has 1 aliphatic rings. The van der Waals surface area contributed by atoms with Gasteiger partial charge in [0, 0.05) is 24.8 Å². The van der Waals surface area contributed by atoms with Crippen LogP contribution in [0.4, 0.5) is 5.95 Å². The summed E-state index contributed by atoms with van der Waals surface area (Å²) >= 11 is 0. The highest BCUT2D eigenvalue weighted by molar-refractivity contribution is 5.35. The van der Waals surface area contributed by atoms with E-state index in [1.54, 1.807) is 0 Å². The van der Waals surface area contributed by atoms with Crippen LogP contribution in [0.15, 0.2) is 6.07 Å². The van der Waals surface area contributed by atoms with Gasteiger partial charge in [-0.25, -0.2) is 9.97 Å². The molecular weight excluding hydrogens is 200 g/mol. The van der Waals surface area contributed by atoms with Crippen LogP contribution >= 0.6 is 0 Å². The third kappa shape index (κ3) is 2.16. The molecule has 0 aromatic carbocycles. The van der Waals surface area contributed by atoms with Crippen LogP contribution in [0, 0.1) is 6.92 Å². The van der Waals surface area contributed by atoms with Crippen LogP contribution in [0.5, 0.6) is 0 Å². The van der Waals surface area contributed by atoms with Crippen molar-refractivity contribution >= 4 is 5.95 Å². The first-order valence-electron chi connectivity index (χ1n) is 6.06. The van der Waals surface area contributed by atoms with Crippen LogP contribution in [0.2, 0.25) is 0 Å². The van der Waals surface area contributed by atoms with Crippen molar-refractivity contribution in [1.82, 2.24) is 9.97 Å². The molecule has 16 heavy (non-hydrogen) atoms. The van der Waals surface area contributed by atoms with Gasteiger partial charge in [-0.3, -0.25) is 0 Å². The SMILES string of the molecule is CCC1CCCN1c1nc(C)cc(CN)n1. The molecule has 2 heterocycles. The molecule has 2 rings (SSSR count). The molecule has 0 radical (unpaired) electrons. The highest BCUT2D eigenvalue weighted by Crippen LogP contribution is 2.24. The Morgan fingerprint density at radius 2 is 2.31 bits per heavy atom. The zero-order valence-electron chi connectivity index (χ0n) is 10.1. The zero-order chi connectivity index (χ0) is 11.5. The summed E-state index contributed by atoms with van der Waals surface area (Å²) in [5, 5.41) is 0. The molecule has 88 valence electrons. The van der Waals surface area contributed by atoms with Crippen LogP contribution in [0.3, 0.4) is 0 Å². The monoisotopic (exact) mass is 220 g/mol. The van der Waals surface area contributed by atoms with Crippen molar-refractivity contribution in [3.8, 4) is 0 Å². The van der Waals surface area contributed by atoms with Gasteiger partial charge >= 0.3 is 0 Å². The van der Waals surface area contributed by atoms with Gasteiger partial charge in [-0.15, -0.1) is 0 Å². The van der Waals surface area contributed by atoms with Gasteiger partial charge in [0.2, 0.25) is 5.95 Å². The summed E-state index contributed by atoms with van der Waals surface area (Å²) in [4.78, 5) is 11.4. The van der Waals surface area contributed by atoms with E-state index < -0.39 is 0 Å². The van der Waals surface area contributed by atoms with E-state index in [1.165, 1.54) is 12.8 Å². The van der Waals surface area contributed by atoms with E-state index in [0.29, 0.717) is 12.6 Å². The minimum absolute atomic E-state index is 0.487. The van der Waals surface area contributed by atoms with Gasteiger partial charge in [0.05, 0.1) is 5.69 Å². The average Bonchev–Trinajstić information content (AvgIpc) is 2.76. The molecule has 0 saturated carbocycles. The van der Waals surface area contributed by atoms with Crippen molar-refractivity contribution in [2.75, 3.05) is 11.4 Å². The molecule has 1 aliphatic heterocycles. The molecule has 4 nitrogen and oxygen atoms in total. The summed E-state index contributed by atoms with van der Waals surface area (Å²) in [7, 11) is 0. The smallest absolute Gasteiger partial charge is 0.226 e. The largest absolute Gasteiger partial charge is 0.338 e. The second-order valence-electron chi connectivity index (χ2n) is 4.40. The van der Waals surface area contributed by atoms with Gasteiger partial charge in [-0.05, 0) is 32.3 Å².